The molecule has 14 heteroatoms. The molecule has 0 saturated heterocycles. The summed E-state index contributed by atoms with van der Waals surface area (Å²) in [6.45, 7) is 3.97. The number of aromatic nitrogens is 4. The minimum absolute atomic E-state index is 0.0177. The lowest BCUT2D eigenvalue weighted by molar-refractivity contribution is -0.142. The average molecular weight is 520 g/mol. The van der Waals surface area contributed by atoms with Gasteiger partial charge in [0.1, 0.15) is 18.1 Å². The number of carbonyl (C=O) groups excluding carboxylic acids is 3. The number of H-pyrrole nitrogens is 2. The maximum absolute atomic E-state index is 13.3. The predicted octanol–water partition coefficient (Wildman–Crippen LogP) is -1.43. The first-order valence-electron chi connectivity index (χ1n) is 12.2. The van der Waals surface area contributed by atoms with Gasteiger partial charge in [-0.25, -0.2) is 14.8 Å². The molecule has 2 heterocycles. The van der Waals surface area contributed by atoms with Gasteiger partial charge in [0.25, 0.3) is 0 Å². The summed E-state index contributed by atoms with van der Waals surface area (Å²) in [5.74, 6) is -3.19. The van der Waals surface area contributed by atoms with E-state index in [9.17, 15) is 24.3 Å². The zero-order valence-electron chi connectivity index (χ0n) is 21.1. The molecule has 4 atom stereocenters. The molecule has 0 aromatic carbocycles. The van der Waals surface area contributed by atoms with E-state index in [0.717, 1.165) is 0 Å². The zero-order valence-corrected chi connectivity index (χ0v) is 21.1. The minimum atomic E-state index is -1.24. The number of aromatic amines is 2. The van der Waals surface area contributed by atoms with Gasteiger partial charge >= 0.3 is 5.97 Å². The molecule has 0 aliphatic rings. The van der Waals surface area contributed by atoms with Crippen molar-refractivity contribution in [2.45, 2.75) is 70.1 Å². The summed E-state index contributed by atoms with van der Waals surface area (Å²) >= 11 is 0. The number of nitrogens with two attached hydrogens (primary N) is 2. The molecule has 2 rings (SSSR count). The molecule has 204 valence electrons. The standard InChI is InChI=1S/C23H37N9O5/c1-13(2)19(25)22(35)31-17(7-14-9-26-11-28-14)21(34)30-16(5-3-4-6-24)20(33)32-18(23(36)37)8-15-10-27-12-29-15/h9-13,16-19H,3-8,24-25H2,1-2H3,(H,26,28)(H,27,29)(H,30,34)(H,31,35)(H,32,33)(H,36,37). The Morgan fingerprint density at radius 1 is 0.865 bits per heavy atom. The molecule has 0 fully saturated rings. The van der Waals surface area contributed by atoms with Gasteiger partial charge in [0.05, 0.1) is 18.7 Å². The number of carboxylic acids is 1. The third-order valence-electron chi connectivity index (χ3n) is 5.81. The van der Waals surface area contributed by atoms with Crippen molar-refractivity contribution in [1.29, 1.82) is 0 Å². The quantitative estimate of drug-likeness (QED) is 0.121. The number of unbranched alkanes of at least 4 members (excludes halogenated alkanes) is 1. The summed E-state index contributed by atoms with van der Waals surface area (Å²) in [6.07, 6.45) is 7.25. The summed E-state index contributed by atoms with van der Waals surface area (Å²) < 4.78 is 0. The molecule has 4 unspecified atom stereocenters. The van der Waals surface area contributed by atoms with Gasteiger partial charge in [0.2, 0.25) is 17.7 Å². The second-order valence-corrected chi connectivity index (χ2v) is 9.14. The van der Waals surface area contributed by atoms with Crippen molar-refractivity contribution in [3.8, 4) is 0 Å². The Balaban J connectivity index is 2.17. The number of amides is 3. The minimum Gasteiger partial charge on any atom is -0.480 e. The molecule has 0 aliphatic carbocycles. The van der Waals surface area contributed by atoms with Gasteiger partial charge < -0.3 is 42.5 Å². The van der Waals surface area contributed by atoms with Crippen LogP contribution in [-0.2, 0) is 32.0 Å². The number of imidazole rings is 2. The van der Waals surface area contributed by atoms with Gasteiger partial charge in [-0.15, -0.1) is 0 Å². The van der Waals surface area contributed by atoms with Crippen LogP contribution in [-0.4, -0.2) is 79.4 Å². The van der Waals surface area contributed by atoms with Crippen molar-refractivity contribution in [2.75, 3.05) is 6.54 Å². The number of rotatable bonds is 16. The highest BCUT2D eigenvalue weighted by Gasteiger charge is 2.31. The highest BCUT2D eigenvalue weighted by Crippen LogP contribution is 2.07. The number of carbonyl (C=O) groups is 4. The lowest BCUT2D eigenvalue weighted by Crippen LogP contribution is -2.58. The Morgan fingerprint density at radius 3 is 1.86 bits per heavy atom. The summed E-state index contributed by atoms with van der Waals surface area (Å²) in [5, 5.41) is 17.4. The van der Waals surface area contributed by atoms with E-state index in [0.29, 0.717) is 30.8 Å². The number of hydrogen-bond donors (Lipinski definition) is 8. The lowest BCUT2D eigenvalue weighted by atomic mass is 10.0. The van der Waals surface area contributed by atoms with E-state index in [1.807, 2.05) is 0 Å². The van der Waals surface area contributed by atoms with Crippen LogP contribution in [0.25, 0.3) is 0 Å². The fraction of sp³-hybridized carbons (Fsp3) is 0.565. The van der Waals surface area contributed by atoms with E-state index < -0.39 is 47.9 Å². The van der Waals surface area contributed by atoms with Crippen LogP contribution in [0.15, 0.2) is 25.0 Å². The van der Waals surface area contributed by atoms with Crippen LogP contribution < -0.4 is 27.4 Å². The summed E-state index contributed by atoms with van der Waals surface area (Å²) in [6, 6.07) is -4.18. The number of carboxylic acid groups (broad SMARTS) is 1. The lowest BCUT2D eigenvalue weighted by Gasteiger charge is -2.25. The molecule has 14 nitrogen and oxygen atoms in total. The topological polar surface area (TPSA) is 234 Å². The number of hydrogen-bond acceptors (Lipinski definition) is 8. The molecule has 3 amide bonds. The predicted molar refractivity (Wildman–Crippen MR) is 134 cm³/mol. The molecular weight excluding hydrogens is 482 g/mol. The number of aliphatic carboxylic acids is 1. The van der Waals surface area contributed by atoms with Crippen LogP contribution in [0.5, 0.6) is 0 Å². The van der Waals surface area contributed by atoms with Gasteiger partial charge in [0, 0.05) is 36.6 Å². The Hall–Kier alpha value is -3.78. The van der Waals surface area contributed by atoms with Crippen LogP contribution in [0, 0.1) is 5.92 Å². The van der Waals surface area contributed by atoms with Gasteiger partial charge in [0.15, 0.2) is 0 Å². The highest BCUT2D eigenvalue weighted by atomic mass is 16.4. The smallest absolute Gasteiger partial charge is 0.326 e. The van der Waals surface area contributed by atoms with Crippen LogP contribution in [0.4, 0.5) is 0 Å². The molecule has 10 N–H and O–H groups in total. The fourth-order valence-corrected chi connectivity index (χ4v) is 3.52. The van der Waals surface area contributed by atoms with Crippen molar-refractivity contribution in [2.24, 2.45) is 17.4 Å². The number of nitrogens with zero attached hydrogens (tertiary/aromatic N) is 2. The van der Waals surface area contributed by atoms with Crippen LogP contribution in [0.1, 0.15) is 44.5 Å². The monoisotopic (exact) mass is 519 g/mol. The van der Waals surface area contributed by atoms with Crippen molar-refractivity contribution in [3.05, 3.63) is 36.4 Å². The molecule has 2 aromatic rings. The maximum Gasteiger partial charge on any atom is 0.326 e. The maximum atomic E-state index is 13.3. The molecule has 2 aromatic heterocycles. The second-order valence-electron chi connectivity index (χ2n) is 9.14. The third-order valence-corrected chi connectivity index (χ3v) is 5.81. The molecule has 0 radical (unpaired) electrons. The second kappa shape index (κ2) is 14.7. The van der Waals surface area contributed by atoms with Crippen LogP contribution in [0.3, 0.4) is 0 Å². The Bertz CT molecular complexity index is 994. The normalized spacial score (nSPS) is 14.4. The summed E-state index contributed by atoms with van der Waals surface area (Å²) in [5.41, 5.74) is 12.6. The molecule has 37 heavy (non-hydrogen) atoms. The first-order valence-corrected chi connectivity index (χ1v) is 12.2. The van der Waals surface area contributed by atoms with Gasteiger partial charge in [-0.1, -0.05) is 13.8 Å². The van der Waals surface area contributed by atoms with Gasteiger partial charge in [-0.2, -0.15) is 0 Å². The first-order chi connectivity index (χ1) is 17.6. The molecule has 0 bridgehead atoms. The van der Waals surface area contributed by atoms with E-state index in [2.05, 4.69) is 35.9 Å². The van der Waals surface area contributed by atoms with Crippen molar-refractivity contribution in [1.82, 2.24) is 35.9 Å². The van der Waals surface area contributed by atoms with E-state index in [4.69, 9.17) is 11.5 Å². The Kier molecular flexibility index (Phi) is 11.7. The van der Waals surface area contributed by atoms with E-state index in [-0.39, 0.29) is 25.2 Å². The van der Waals surface area contributed by atoms with Crippen LogP contribution in [0.2, 0.25) is 0 Å². The average Bonchev–Trinajstić information content (AvgIpc) is 3.56. The SMILES string of the molecule is CC(C)C(N)C(=O)NC(Cc1cnc[nH]1)C(=O)NC(CCCCN)C(=O)NC(Cc1cnc[nH]1)C(=O)O. The van der Waals surface area contributed by atoms with Gasteiger partial charge in [-0.05, 0) is 31.7 Å². The Labute approximate surface area is 214 Å². The van der Waals surface area contributed by atoms with Crippen LogP contribution >= 0.6 is 0 Å². The van der Waals surface area contributed by atoms with Gasteiger partial charge in [-0.3, -0.25) is 14.4 Å². The molecule has 0 aliphatic heterocycles. The largest absolute Gasteiger partial charge is 0.480 e. The van der Waals surface area contributed by atoms with E-state index in [1.165, 1.54) is 25.0 Å². The first kappa shape index (κ1) is 29.5. The summed E-state index contributed by atoms with van der Waals surface area (Å²) in [7, 11) is 0. The van der Waals surface area contributed by atoms with Crippen molar-refractivity contribution >= 4 is 23.7 Å². The van der Waals surface area contributed by atoms with E-state index >= 15 is 0 Å². The molecular formula is C23H37N9O5. The van der Waals surface area contributed by atoms with E-state index in [1.54, 1.807) is 13.8 Å². The Morgan fingerprint density at radius 2 is 1.38 bits per heavy atom. The van der Waals surface area contributed by atoms with Crippen molar-refractivity contribution in [3.63, 3.8) is 0 Å². The summed E-state index contributed by atoms with van der Waals surface area (Å²) in [4.78, 5) is 64.3. The molecule has 0 spiro atoms. The number of nitrogens with one attached hydrogen (secondary N) is 5. The van der Waals surface area contributed by atoms with Crippen molar-refractivity contribution < 1.29 is 24.3 Å². The highest BCUT2D eigenvalue weighted by molar-refractivity contribution is 5.94. The molecule has 0 saturated carbocycles. The fourth-order valence-electron chi connectivity index (χ4n) is 3.52. The third kappa shape index (κ3) is 9.65. The zero-order chi connectivity index (χ0) is 27.4.